The molecule has 1 aliphatic rings. The second kappa shape index (κ2) is 22.3. The monoisotopic (exact) mass is 689 g/mol. The van der Waals surface area contributed by atoms with Crippen molar-refractivity contribution in [1.29, 1.82) is 0 Å². The molecular weight excluding hydrogens is 635 g/mol. The molecule has 9 nitrogen and oxygen atoms in total. The van der Waals surface area contributed by atoms with E-state index in [0.717, 1.165) is 38.5 Å². The molecule has 0 aromatic rings. The molecule has 1 amide bonds. The Morgan fingerprint density at radius 2 is 1.81 bits per heavy atom. The van der Waals surface area contributed by atoms with Crippen molar-refractivity contribution in [3.05, 3.63) is 96.3 Å². The van der Waals surface area contributed by atoms with Gasteiger partial charge in [0.15, 0.2) is 16.4 Å². The van der Waals surface area contributed by atoms with Gasteiger partial charge in [-0.3, -0.25) is 9.59 Å². The zero-order chi connectivity index (χ0) is 35.3. The normalized spacial score (nSPS) is 17.7. The van der Waals surface area contributed by atoms with Gasteiger partial charge in [0.25, 0.3) is 5.91 Å². The van der Waals surface area contributed by atoms with E-state index < -0.39 is 39.2 Å². The molecule has 0 saturated heterocycles. The number of carbonyl (C=O) groups excluding carboxylic acids is 1. The fourth-order valence-electron chi connectivity index (χ4n) is 5.28. The first-order chi connectivity index (χ1) is 22.4. The number of ether oxygens (including phenoxy) is 1. The molecule has 1 aliphatic heterocycles. The lowest BCUT2D eigenvalue weighted by Crippen LogP contribution is -2.47. The van der Waals surface area contributed by atoms with Crippen molar-refractivity contribution in [2.75, 3.05) is 25.4 Å². The summed E-state index contributed by atoms with van der Waals surface area (Å²) in [4.78, 5) is 26.2. The lowest BCUT2D eigenvalue weighted by molar-refractivity contribution is -0.139. The van der Waals surface area contributed by atoms with Crippen LogP contribution in [0.25, 0.3) is 0 Å². The highest BCUT2D eigenvalue weighted by Crippen LogP contribution is 2.40. The van der Waals surface area contributed by atoms with Crippen LogP contribution in [0, 0.1) is 5.41 Å². The predicted molar refractivity (Wildman–Crippen MR) is 196 cm³/mol. The first kappa shape index (κ1) is 41.7. The summed E-state index contributed by atoms with van der Waals surface area (Å²) in [5.74, 6) is -1.48. The van der Waals surface area contributed by atoms with Crippen molar-refractivity contribution in [1.82, 2.24) is 15.5 Å². The maximum Gasteiger partial charge on any atom is 0.320 e. The number of carboxylic acid groups (broad SMARTS) is 1. The van der Waals surface area contributed by atoms with Crippen molar-refractivity contribution in [2.24, 2.45) is 5.41 Å². The molecule has 0 aliphatic carbocycles. The van der Waals surface area contributed by atoms with E-state index in [1.807, 2.05) is 23.3 Å². The van der Waals surface area contributed by atoms with Gasteiger partial charge >= 0.3 is 5.97 Å². The summed E-state index contributed by atoms with van der Waals surface area (Å²) in [5, 5.41) is 16.4. The molecule has 0 fully saturated rings. The van der Waals surface area contributed by atoms with Crippen molar-refractivity contribution >= 4 is 34.3 Å². The van der Waals surface area contributed by atoms with E-state index in [-0.39, 0.29) is 23.8 Å². The van der Waals surface area contributed by atoms with E-state index in [1.165, 1.54) is 24.7 Å². The Hall–Kier alpha value is -3.28. The molecule has 3 N–H and O–H groups in total. The molecule has 262 valence electrons. The van der Waals surface area contributed by atoms with Crippen LogP contribution in [0.2, 0.25) is 0 Å². The Balaban J connectivity index is 3.37. The summed E-state index contributed by atoms with van der Waals surface area (Å²) >= 11 is 4.29. The Morgan fingerprint density at radius 1 is 1.13 bits per heavy atom. The quantitative estimate of drug-likeness (QED) is 0.0410. The lowest BCUT2D eigenvalue weighted by Gasteiger charge is -2.36. The number of nitrogens with one attached hydrogen (secondary N) is 2. The predicted octanol–water partition coefficient (Wildman–Crippen LogP) is 6.59. The molecule has 2 atom stereocenters. The van der Waals surface area contributed by atoms with Crippen molar-refractivity contribution in [3.8, 4) is 0 Å². The number of hydrogen-bond donors (Lipinski definition) is 4. The molecule has 1 heterocycles. The Labute approximate surface area is 288 Å². The number of carboxylic acids is 1. The number of rotatable bonds is 23. The van der Waals surface area contributed by atoms with Gasteiger partial charge in [0.1, 0.15) is 6.04 Å². The van der Waals surface area contributed by atoms with E-state index in [4.69, 9.17) is 4.74 Å². The number of thiol groups is 1. The number of allylic oxidation sites excluding steroid dienone is 7. The van der Waals surface area contributed by atoms with Crippen LogP contribution in [-0.4, -0.2) is 67.8 Å². The molecule has 0 bridgehead atoms. The number of nitrogens with zero attached hydrogens (tertiary/aromatic N) is 1. The fourth-order valence-corrected chi connectivity index (χ4v) is 7.53. The molecule has 1 rings (SSSR count). The maximum atomic E-state index is 14.1. The Morgan fingerprint density at radius 3 is 2.38 bits per heavy atom. The van der Waals surface area contributed by atoms with E-state index in [0.29, 0.717) is 30.7 Å². The number of carbonyl (C=O) groups is 2. The van der Waals surface area contributed by atoms with Gasteiger partial charge in [-0.25, -0.2) is 8.42 Å². The van der Waals surface area contributed by atoms with Gasteiger partial charge in [-0.2, -0.15) is 12.6 Å². The van der Waals surface area contributed by atoms with Crippen LogP contribution >= 0.6 is 12.6 Å². The average molecular weight is 690 g/mol. The van der Waals surface area contributed by atoms with E-state index in [2.05, 4.69) is 56.8 Å². The first-order valence-corrected chi connectivity index (χ1v) is 18.4. The van der Waals surface area contributed by atoms with Gasteiger partial charge in [-0.1, -0.05) is 82.6 Å². The van der Waals surface area contributed by atoms with Crippen LogP contribution in [0.4, 0.5) is 0 Å². The zero-order valence-corrected chi connectivity index (χ0v) is 30.0. The van der Waals surface area contributed by atoms with Crippen LogP contribution in [0.1, 0.15) is 72.1 Å². The summed E-state index contributed by atoms with van der Waals surface area (Å²) < 4.78 is 33.8. The molecule has 47 heavy (non-hydrogen) atoms. The fraction of sp³-hybridized carbons (Fsp3) is 0.500. The van der Waals surface area contributed by atoms with Crippen LogP contribution < -0.4 is 10.6 Å². The summed E-state index contributed by atoms with van der Waals surface area (Å²) in [6.45, 7) is 17.5. The second-order valence-corrected chi connectivity index (χ2v) is 14.1. The standard InChI is InChI=1S/C36H55N3O6S2/c1-7-11-15-16-22-39-27-36(20-13-9-3,21-14-10-4)28-47(43,44)33(32(39)19-24-46)18-23-45-26-34(40)38-31(29(5)17-12-8-2)25-37-30(6)35(41)42/h7-8,11,15-16,18-19,22-24,30-31,37,46H,1-2,5,9-10,12-14,17,20-21,25-28H2,3-4,6H3,(H,38,40)(H,41,42)/b15-11-,22-16+,23-18+,24-19+/t30-,31?/m0/s1. The highest BCUT2D eigenvalue weighted by molar-refractivity contribution is 7.95. The number of amides is 1. The first-order valence-electron chi connectivity index (χ1n) is 16.2. The molecule has 0 radical (unpaired) electrons. The minimum absolute atomic E-state index is 0.00677. The van der Waals surface area contributed by atoms with Gasteiger partial charge in [-0.05, 0) is 56.2 Å². The molecule has 11 heteroatoms. The largest absolute Gasteiger partial charge is 0.491 e. The minimum atomic E-state index is -3.79. The number of hydrogen-bond acceptors (Lipinski definition) is 8. The van der Waals surface area contributed by atoms with Gasteiger partial charge in [-0.15, -0.1) is 6.58 Å². The topological polar surface area (TPSA) is 125 Å². The minimum Gasteiger partial charge on any atom is -0.491 e. The van der Waals surface area contributed by atoms with Crippen LogP contribution in [-0.2, 0) is 24.2 Å². The zero-order valence-electron chi connectivity index (χ0n) is 28.3. The van der Waals surface area contributed by atoms with E-state index in [1.54, 1.807) is 24.3 Å². The van der Waals surface area contributed by atoms with E-state index in [9.17, 15) is 23.1 Å². The third-order valence-corrected chi connectivity index (χ3v) is 10.1. The van der Waals surface area contributed by atoms with Crippen LogP contribution in [0.5, 0.6) is 0 Å². The summed E-state index contributed by atoms with van der Waals surface area (Å²) in [6, 6.07) is -1.35. The maximum absolute atomic E-state index is 14.1. The van der Waals surface area contributed by atoms with Crippen molar-refractivity contribution < 1.29 is 27.9 Å². The van der Waals surface area contributed by atoms with Gasteiger partial charge in [0.05, 0.1) is 28.7 Å². The van der Waals surface area contributed by atoms with Gasteiger partial charge in [0, 0.05) is 24.7 Å². The van der Waals surface area contributed by atoms with Crippen molar-refractivity contribution in [2.45, 2.75) is 84.2 Å². The molecule has 0 aromatic heterocycles. The van der Waals surface area contributed by atoms with Crippen LogP contribution in [0.3, 0.4) is 0 Å². The summed E-state index contributed by atoms with van der Waals surface area (Å²) in [5.41, 5.74) is 0.709. The Kier molecular flexibility index (Phi) is 19.8. The van der Waals surface area contributed by atoms with Gasteiger partial charge in [0.2, 0.25) is 0 Å². The van der Waals surface area contributed by atoms with Crippen molar-refractivity contribution in [3.63, 3.8) is 0 Å². The lowest BCUT2D eigenvalue weighted by atomic mass is 9.79. The highest BCUT2D eigenvalue weighted by atomic mass is 32.2. The Bertz CT molecular complexity index is 1310. The average Bonchev–Trinajstić information content (AvgIpc) is 3.11. The number of aliphatic carboxylic acids is 1. The molecule has 1 unspecified atom stereocenters. The number of sulfone groups is 1. The third-order valence-electron chi connectivity index (χ3n) is 7.90. The summed E-state index contributed by atoms with van der Waals surface area (Å²) in [6.07, 6.45) is 21.6. The van der Waals surface area contributed by atoms with Gasteiger partial charge < -0.3 is 25.4 Å². The summed E-state index contributed by atoms with van der Waals surface area (Å²) in [7, 11) is -3.79. The number of unbranched alkanes of at least 4 members (excludes halogenated alkanes) is 2. The molecule has 0 spiro atoms. The molecule has 0 aromatic carbocycles. The second-order valence-electron chi connectivity index (χ2n) is 11.8. The van der Waals surface area contributed by atoms with E-state index >= 15 is 0 Å². The SMILES string of the molecule is C=C/C=C\C=C\N1CC(CCCC)(CCCC)CS(=O)(=O)C(/C=C/OCC(=O)NC(CN[C@@H](C)C(=O)O)C(=C)CCC=C)=C1/C=C/S. The highest BCUT2D eigenvalue weighted by Gasteiger charge is 2.41. The third kappa shape index (κ3) is 15.0. The molecular formula is C36H55N3O6S2. The molecule has 0 saturated carbocycles. The smallest absolute Gasteiger partial charge is 0.320 e. The van der Waals surface area contributed by atoms with Crippen LogP contribution in [0.15, 0.2) is 96.3 Å².